The highest BCUT2D eigenvalue weighted by Gasteiger charge is 2.01. The summed E-state index contributed by atoms with van der Waals surface area (Å²) in [6.45, 7) is 0. The average Bonchev–Trinajstić information content (AvgIpc) is 2.47. The number of nitrogens with zero attached hydrogens (tertiary/aromatic N) is 5. The van der Waals surface area contributed by atoms with Gasteiger partial charge in [-0.3, -0.25) is 5.01 Å². The zero-order valence-corrected chi connectivity index (χ0v) is 6.81. The van der Waals surface area contributed by atoms with E-state index in [9.17, 15) is 0 Å². The Balaban J connectivity index is 2.83. The molecule has 0 fully saturated rings. The molecule has 0 atom stereocenters. The average molecular weight is 164 g/mol. The van der Waals surface area contributed by atoms with Crippen LogP contribution in [0.15, 0.2) is 16.7 Å². The van der Waals surface area contributed by atoms with Crippen molar-refractivity contribution >= 4 is 5.82 Å². The standard InChI is InChI=1S/C6H8N6/c1-12(2)11-10-6-5(3-7)8-4-9-6/h4H,1-2H3,(H,8,9)/b11-10+. The lowest BCUT2D eigenvalue weighted by atomic mass is 10.5. The topological polar surface area (TPSA) is 80.4 Å². The van der Waals surface area contributed by atoms with E-state index < -0.39 is 0 Å². The monoisotopic (exact) mass is 164 g/mol. The Labute approximate surface area is 69.5 Å². The van der Waals surface area contributed by atoms with Crippen molar-refractivity contribution in [2.75, 3.05) is 14.1 Å². The molecule has 62 valence electrons. The van der Waals surface area contributed by atoms with Crippen molar-refractivity contribution < 1.29 is 0 Å². The van der Waals surface area contributed by atoms with Crippen LogP contribution >= 0.6 is 0 Å². The van der Waals surface area contributed by atoms with Gasteiger partial charge in [-0.05, 0) is 0 Å². The van der Waals surface area contributed by atoms with Gasteiger partial charge in [0.05, 0.1) is 6.33 Å². The normalized spacial score (nSPS) is 10.1. The number of imidazole rings is 1. The van der Waals surface area contributed by atoms with Crippen LogP contribution in [0.3, 0.4) is 0 Å². The van der Waals surface area contributed by atoms with Crippen LogP contribution in [-0.4, -0.2) is 29.1 Å². The third-order valence-electron chi connectivity index (χ3n) is 1.05. The summed E-state index contributed by atoms with van der Waals surface area (Å²) in [5.41, 5.74) is 0.320. The van der Waals surface area contributed by atoms with Gasteiger partial charge < -0.3 is 4.98 Å². The fraction of sp³-hybridized carbons (Fsp3) is 0.333. The number of nitriles is 1. The zero-order valence-electron chi connectivity index (χ0n) is 6.81. The highest BCUT2D eigenvalue weighted by Crippen LogP contribution is 2.11. The molecular weight excluding hydrogens is 156 g/mol. The summed E-state index contributed by atoms with van der Waals surface area (Å²) in [5.74, 6) is 0.311. The van der Waals surface area contributed by atoms with Crippen LogP contribution in [0.1, 0.15) is 5.69 Å². The second kappa shape index (κ2) is 3.48. The number of rotatable bonds is 2. The van der Waals surface area contributed by atoms with Gasteiger partial charge in [0, 0.05) is 14.1 Å². The van der Waals surface area contributed by atoms with E-state index in [2.05, 4.69) is 20.3 Å². The Bertz CT molecular complexity index is 317. The van der Waals surface area contributed by atoms with E-state index in [1.165, 1.54) is 11.3 Å². The summed E-state index contributed by atoms with van der Waals surface area (Å²) in [7, 11) is 3.48. The summed E-state index contributed by atoms with van der Waals surface area (Å²) >= 11 is 0. The summed E-state index contributed by atoms with van der Waals surface area (Å²) in [5, 5.41) is 17.5. The van der Waals surface area contributed by atoms with E-state index in [1.807, 2.05) is 6.07 Å². The first-order valence-electron chi connectivity index (χ1n) is 3.26. The first kappa shape index (κ1) is 8.20. The Morgan fingerprint density at radius 1 is 1.67 bits per heavy atom. The number of H-pyrrole nitrogens is 1. The predicted octanol–water partition coefficient (Wildman–Crippen LogP) is 0.842. The molecule has 0 aliphatic carbocycles. The fourth-order valence-electron chi connectivity index (χ4n) is 0.577. The van der Waals surface area contributed by atoms with E-state index in [1.54, 1.807) is 14.1 Å². The minimum Gasteiger partial charge on any atom is -0.334 e. The summed E-state index contributed by atoms with van der Waals surface area (Å²) in [6, 6.07) is 1.91. The lowest BCUT2D eigenvalue weighted by Crippen LogP contribution is -1.99. The third-order valence-corrected chi connectivity index (χ3v) is 1.05. The van der Waals surface area contributed by atoms with Gasteiger partial charge in [-0.2, -0.15) is 5.26 Å². The Kier molecular flexibility index (Phi) is 2.38. The molecule has 1 aromatic heterocycles. The van der Waals surface area contributed by atoms with E-state index in [-0.39, 0.29) is 0 Å². The molecule has 0 bridgehead atoms. The van der Waals surface area contributed by atoms with E-state index in [0.29, 0.717) is 11.5 Å². The van der Waals surface area contributed by atoms with Gasteiger partial charge in [-0.1, -0.05) is 5.22 Å². The quantitative estimate of drug-likeness (QED) is 0.519. The molecule has 1 N–H and O–H groups in total. The van der Waals surface area contributed by atoms with Gasteiger partial charge in [0.15, 0.2) is 5.69 Å². The van der Waals surface area contributed by atoms with Crippen molar-refractivity contribution in [2.24, 2.45) is 10.3 Å². The van der Waals surface area contributed by atoms with Gasteiger partial charge in [-0.25, -0.2) is 4.98 Å². The molecule has 6 nitrogen and oxygen atoms in total. The number of aromatic nitrogens is 2. The van der Waals surface area contributed by atoms with Crippen molar-refractivity contribution in [3.8, 4) is 6.07 Å². The van der Waals surface area contributed by atoms with Crippen molar-refractivity contribution in [2.45, 2.75) is 0 Å². The summed E-state index contributed by atoms with van der Waals surface area (Å²) in [6.07, 6.45) is 1.41. The summed E-state index contributed by atoms with van der Waals surface area (Å²) < 4.78 is 0. The first-order valence-corrected chi connectivity index (χ1v) is 3.26. The molecule has 6 heteroatoms. The highest BCUT2D eigenvalue weighted by atomic mass is 15.5. The van der Waals surface area contributed by atoms with Crippen LogP contribution < -0.4 is 0 Å². The molecule has 0 unspecified atom stereocenters. The second-order valence-electron chi connectivity index (χ2n) is 2.25. The molecule has 1 heterocycles. The van der Waals surface area contributed by atoms with Crippen LogP contribution in [0.25, 0.3) is 0 Å². The first-order chi connectivity index (χ1) is 5.74. The molecule has 1 aromatic rings. The SMILES string of the molecule is CN(C)/N=N/c1nc[nH]c1C#N. The molecule has 0 saturated carbocycles. The van der Waals surface area contributed by atoms with E-state index >= 15 is 0 Å². The zero-order chi connectivity index (χ0) is 8.97. The highest BCUT2D eigenvalue weighted by molar-refractivity contribution is 5.41. The molecule has 0 aliphatic heterocycles. The maximum absolute atomic E-state index is 8.54. The minimum absolute atomic E-state index is 0.311. The smallest absolute Gasteiger partial charge is 0.212 e. The molecule has 0 aromatic carbocycles. The minimum atomic E-state index is 0.311. The van der Waals surface area contributed by atoms with Crippen LogP contribution in [0, 0.1) is 11.3 Å². The van der Waals surface area contributed by atoms with Gasteiger partial charge in [0.2, 0.25) is 5.82 Å². The van der Waals surface area contributed by atoms with E-state index in [0.717, 1.165) is 0 Å². The molecule has 0 amide bonds. The fourth-order valence-corrected chi connectivity index (χ4v) is 0.577. The Hall–Kier alpha value is -1.90. The van der Waals surface area contributed by atoms with Crippen LogP contribution in [-0.2, 0) is 0 Å². The number of hydrogen-bond donors (Lipinski definition) is 1. The molecule has 0 saturated heterocycles. The van der Waals surface area contributed by atoms with Crippen LogP contribution in [0.2, 0.25) is 0 Å². The molecule has 1 rings (SSSR count). The van der Waals surface area contributed by atoms with Crippen LogP contribution in [0.5, 0.6) is 0 Å². The van der Waals surface area contributed by atoms with Crippen LogP contribution in [0.4, 0.5) is 5.82 Å². The van der Waals surface area contributed by atoms with Crippen molar-refractivity contribution in [1.82, 2.24) is 15.0 Å². The van der Waals surface area contributed by atoms with E-state index in [4.69, 9.17) is 5.26 Å². The molecule has 12 heavy (non-hydrogen) atoms. The molecule has 0 aliphatic rings. The summed E-state index contributed by atoms with van der Waals surface area (Å²) in [4.78, 5) is 6.43. The van der Waals surface area contributed by atoms with Gasteiger partial charge in [0.25, 0.3) is 0 Å². The number of hydrogen-bond acceptors (Lipinski definition) is 4. The van der Waals surface area contributed by atoms with Crippen molar-refractivity contribution in [3.63, 3.8) is 0 Å². The van der Waals surface area contributed by atoms with Gasteiger partial charge >= 0.3 is 0 Å². The van der Waals surface area contributed by atoms with Gasteiger partial charge in [0.1, 0.15) is 6.07 Å². The Morgan fingerprint density at radius 3 is 3.00 bits per heavy atom. The maximum atomic E-state index is 8.54. The lowest BCUT2D eigenvalue weighted by molar-refractivity contribution is 0.408. The van der Waals surface area contributed by atoms with Crippen molar-refractivity contribution in [3.05, 3.63) is 12.0 Å². The van der Waals surface area contributed by atoms with Gasteiger partial charge in [-0.15, -0.1) is 5.11 Å². The predicted molar refractivity (Wildman–Crippen MR) is 41.5 cm³/mol. The number of nitrogens with one attached hydrogen (secondary N) is 1. The molecule has 0 radical (unpaired) electrons. The maximum Gasteiger partial charge on any atom is 0.212 e. The Morgan fingerprint density at radius 2 is 2.42 bits per heavy atom. The molecule has 0 spiro atoms. The lowest BCUT2D eigenvalue weighted by Gasteiger charge is -1.98. The van der Waals surface area contributed by atoms with Crippen molar-refractivity contribution in [1.29, 1.82) is 5.26 Å². The number of aromatic amines is 1. The second-order valence-corrected chi connectivity index (χ2v) is 2.25. The third kappa shape index (κ3) is 1.79. The molecular formula is C6H8N6. The largest absolute Gasteiger partial charge is 0.334 e.